The highest BCUT2D eigenvalue weighted by Gasteiger charge is 2.10. The predicted molar refractivity (Wildman–Crippen MR) is 73.6 cm³/mol. The highest BCUT2D eigenvalue weighted by atomic mass is 35.5. The Labute approximate surface area is 112 Å². The Morgan fingerprint density at radius 2 is 2.17 bits per heavy atom. The summed E-state index contributed by atoms with van der Waals surface area (Å²) in [7, 11) is 0. The van der Waals surface area contributed by atoms with E-state index in [-0.39, 0.29) is 5.82 Å². The van der Waals surface area contributed by atoms with Gasteiger partial charge in [0.2, 0.25) is 0 Å². The quantitative estimate of drug-likeness (QED) is 0.569. The van der Waals surface area contributed by atoms with Gasteiger partial charge in [0.1, 0.15) is 11.6 Å². The van der Waals surface area contributed by atoms with Crippen LogP contribution in [0.25, 0.3) is 11.0 Å². The topological polar surface area (TPSA) is 17.8 Å². The van der Waals surface area contributed by atoms with Crippen molar-refractivity contribution >= 4 is 22.6 Å². The molecule has 0 saturated carbocycles. The zero-order valence-corrected chi connectivity index (χ0v) is 11.4. The number of unbranched alkanes of at least 4 members (excludes halogenated alkanes) is 1. The van der Waals surface area contributed by atoms with E-state index in [4.69, 9.17) is 11.6 Å². The van der Waals surface area contributed by atoms with E-state index in [2.05, 4.69) is 16.5 Å². The molecular formula is C14H18ClFN2. The monoisotopic (exact) mass is 268 g/mol. The minimum atomic E-state index is -0.202. The summed E-state index contributed by atoms with van der Waals surface area (Å²) >= 11 is 5.69. The number of alkyl halides is 1. The summed E-state index contributed by atoms with van der Waals surface area (Å²) in [4.78, 5) is 4.60. The van der Waals surface area contributed by atoms with Crippen LogP contribution in [-0.4, -0.2) is 15.4 Å². The number of aromatic nitrogens is 2. The lowest BCUT2D eigenvalue weighted by Crippen LogP contribution is -2.03. The molecule has 98 valence electrons. The first-order valence-corrected chi connectivity index (χ1v) is 7.00. The molecule has 2 rings (SSSR count). The Morgan fingerprint density at radius 3 is 2.89 bits per heavy atom. The van der Waals surface area contributed by atoms with Gasteiger partial charge in [-0.25, -0.2) is 9.37 Å². The molecule has 0 saturated heterocycles. The van der Waals surface area contributed by atoms with Gasteiger partial charge < -0.3 is 4.57 Å². The molecule has 2 aromatic rings. The maximum atomic E-state index is 13.3. The second kappa shape index (κ2) is 6.19. The van der Waals surface area contributed by atoms with Gasteiger partial charge in [0.15, 0.2) is 0 Å². The SMILES string of the molecule is CCCn1c(CCCCCl)nc2ccc(F)cc21. The number of halogens is 2. The molecule has 0 amide bonds. The van der Waals surface area contributed by atoms with Crippen LogP contribution >= 0.6 is 11.6 Å². The van der Waals surface area contributed by atoms with Crippen molar-refractivity contribution in [2.24, 2.45) is 0 Å². The van der Waals surface area contributed by atoms with E-state index in [1.54, 1.807) is 12.1 Å². The van der Waals surface area contributed by atoms with Crippen LogP contribution in [0.1, 0.15) is 32.0 Å². The Kier molecular flexibility index (Phi) is 4.59. The van der Waals surface area contributed by atoms with E-state index < -0.39 is 0 Å². The largest absolute Gasteiger partial charge is 0.328 e. The van der Waals surface area contributed by atoms with Gasteiger partial charge in [-0.2, -0.15) is 0 Å². The third-order valence-corrected chi connectivity index (χ3v) is 3.29. The summed E-state index contributed by atoms with van der Waals surface area (Å²) in [5.74, 6) is 1.53. The molecule has 0 N–H and O–H groups in total. The fourth-order valence-corrected chi connectivity index (χ4v) is 2.38. The van der Waals surface area contributed by atoms with Gasteiger partial charge in [0, 0.05) is 18.8 Å². The van der Waals surface area contributed by atoms with Crippen molar-refractivity contribution in [2.75, 3.05) is 5.88 Å². The lowest BCUT2D eigenvalue weighted by molar-refractivity contribution is 0.620. The number of imidazole rings is 1. The highest BCUT2D eigenvalue weighted by molar-refractivity contribution is 6.17. The first-order chi connectivity index (χ1) is 8.76. The maximum absolute atomic E-state index is 13.3. The number of hydrogen-bond donors (Lipinski definition) is 0. The standard InChI is InChI=1S/C14H18ClFN2/c1-2-9-18-13-10-11(16)6-7-12(13)17-14(18)5-3-4-8-15/h6-7,10H,2-5,8-9H2,1H3. The van der Waals surface area contributed by atoms with Crippen LogP contribution in [0.3, 0.4) is 0 Å². The average Bonchev–Trinajstić information content (AvgIpc) is 2.68. The molecule has 2 nitrogen and oxygen atoms in total. The van der Waals surface area contributed by atoms with Crippen molar-refractivity contribution in [3.63, 3.8) is 0 Å². The second-order valence-corrected chi connectivity index (χ2v) is 4.84. The number of benzene rings is 1. The summed E-state index contributed by atoms with van der Waals surface area (Å²) in [6.07, 6.45) is 3.94. The molecule has 18 heavy (non-hydrogen) atoms. The number of fused-ring (bicyclic) bond motifs is 1. The van der Waals surface area contributed by atoms with Gasteiger partial charge in [-0.15, -0.1) is 11.6 Å². The lowest BCUT2D eigenvalue weighted by atomic mass is 10.2. The first kappa shape index (κ1) is 13.3. The zero-order valence-electron chi connectivity index (χ0n) is 10.6. The Hall–Kier alpha value is -1.09. The summed E-state index contributed by atoms with van der Waals surface area (Å²) in [5.41, 5.74) is 1.78. The third kappa shape index (κ3) is 2.83. The average molecular weight is 269 g/mol. The van der Waals surface area contributed by atoms with Crippen LogP contribution in [0.5, 0.6) is 0 Å². The second-order valence-electron chi connectivity index (χ2n) is 4.46. The Balaban J connectivity index is 2.35. The maximum Gasteiger partial charge on any atom is 0.125 e. The van der Waals surface area contributed by atoms with Crippen LogP contribution in [0.2, 0.25) is 0 Å². The van der Waals surface area contributed by atoms with Crippen LogP contribution in [0, 0.1) is 5.82 Å². The first-order valence-electron chi connectivity index (χ1n) is 6.47. The van der Waals surface area contributed by atoms with E-state index in [9.17, 15) is 4.39 Å². The molecule has 1 heterocycles. The zero-order chi connectivity index (χ0) is 13.0. The lowest BCUT2D eigenvalue weighted by Gasteiger charge is -2.07. The van der Waals surface area contributed by atoms with E-state index >= 15 is 0 Å². The van der Waals surface area contributed by atoms with Crippen molar-refractivity contribution in [3.8, 4) is 0 Å². The van der Waals surface area contributed by atoms with Crippen molar-refractivity contribution < 1.29 is 4.39 Å². The summed E-state index contributed by atoms with van der Waals surface area (Å²) in [6, 6.07) is 4.79. The van der Waals surface area contributed by atoms with Gasteiger partial charge in [-0.1, -0.05) is 6.92 Å². The van der Waals surface area contributed by atoms with Gasteiger partial charge >= 0.3 is 0 Å². The van der Waals surface area contributed by atoms with Crippen LogP contribution < -0.4 is 0 Å². The molecule has 1 aromatic heterocycles. The normalized spacial score (nSPS) is 11.3. The highest BCUT2D eigenvalue weighted by Crippen LogP contribution is 2.19. The van der Waals surface area contributed by atoms with Crippen molar-refractivity contribution in [1.82, 2.24) is 9.55 Å². The summed E-state index contributed by atoms with van der Waals surface area (Å²) in [5, 5.41) is 0. The van der Waals surface area contributed by atoms with E-state index in [1.165, 1.54) is 6.07 Å². The number of nitrogens with zero attached hydrogens (tertiary/aromatic N) is 2. The molecule has 0 fully saturated rings. The third-order valence-electron chi connectivity index (χ3n) is 3.02. The Bertz CT molecular complexity index is 522. The predicted octanol–water partition coefficient (Wildman–Crippen LogP) is 4.15. The van der Waals surface area contributed by atoms with Crippen LogP contribution in [-0.2, 0) is 13.0 Å². The van der Waals surface area contributed by atoms with E-state index in [1.807, 2.05) is 0 Å². The Morgan fingerprint density at radius 1 is 1.33 bits per heavy atom. The minimum absolute atomic E-state index is 0.202. The van der Waals surface area contributed by atoms with Crippen LogP contribution in [0.15, 0.2) is 18.2 Å². The summed E-state index contributed by atoms with van der Waals surface area (Å²) < 4.78 is 15.4. The van der Waals surface area contributed by atoms with Gasteiger partial charge in [0.25, 0.3) is 0 Å². The van der Waals surface area contributed by atoms with Gasteiger partial charge in [-0.05, 0) is 37.5 Å². The molecule has 1 aromatic carbocycles. The van der Waals surface area contributed by atoms with E-state index in [0.29, 0.717) is 5.88 Å². The fourth-order valence-electron chi connectivity index (χ4n) is 2.19. The number of rotatable bonds is 6. The minimum Gasteiger partial charge on any atom is -0.328 e. The smallest absolute Gasteiger partial charge is 0.125 e. The molecule has 0 radical (unpaired) electrons. The van der Waals surface area contributed by atoms with Crippen LogP contribution in [0.4, 0.5) is 4.39 Å². The van der Waals surface area contributed by atoms with Crippen molar-refractivity contribution in [2.45, 2.75) is 39.2 Å². The molecule has 0 atom stereocenters. The number of aryl methyl sites for hydroxylation is 2. The van der Waals surface area contributed by atoms with Crippen molar-refractivity contribution in [3.05, 3.63) is 29.8 Å². The number of hydrogen-bond acceptors (Lipinski definition) is 1. The molecule has 0 unspecified atom stereocenters. The fraction of sp³-hybridized carbons (Fsp3) is 0.500. The molecule has 0 aliphatic rings. The molecule has 0 aliphatic carbocycles. The van der Waals surface area contributed by atoms with E-state index in [0.717, 1.165) is 49.1 Å². The van der Waals surface area contributed by atoms with Gasteiger partial charge in [0.05, 0.1) is 11.0 Å². The molecule has 4 heteroatoms. The molecule has 0 bridgehead atoms. The summed E-state index contributed by atoms with van der Waals surface area (Å²) in [6.45, 7) is 3.00. The van der Waals surface area contributed by atoms with Crippen molar-refractivity contribution in [1.29, 1.82) is 0 Å². The molecule has 0 spiro atoms. The van der Waals surface area contributed by atoms with Gasteiger partial charge in [-0.3, -0.25) is 0 Å². The molecule has 0 aliphatic heterocycles. The molecular weight excluding hydrogens is 251 g/mol.